The summed E-state index contributed by atoms with van der Waals surface area (Å²) in [6.07, 6.45) is 0.663. The molecule has 0 unspecified atom stereocenters. The molecule has 120 valence electrons. The number of rotatable bonds is 4. The fourth-order valence-electron chi connectivity index (χ4n) is 2.53. The Morgan fingerprint density at radius 3 is 1.79 bits per heavy atom. The Morgan fingerprint density at radius 1 is 0.792 bits per heavy atom. The van der Waals surface area contributed by atoms with Gasteiger partial charge in [-0.2, -0.15) is 0 Å². The third kappa shape index (κ3) is 3.61. The molecule has 0 spiro atoms. The minimum absolute atomic E-state index is 0.281. The van der Waals surface area contributed by atoms with Crippen molar-refractivity contribution in [2.45, 2.75) is 6.42 Å². The van der Waals surface area contributed by atoms with E-state index in [2.05, 4.69) is 0 Å². The number of aromatic carboxylic acids is 1. The normalized spacial score (nSPS) is 10.6. The second-order valence-electron chi connectivity index (χ2n) is 5.46. The van der Waals surface area contributed by atoms with Gasteiger partial charge in [0.25, 0.3) is 0 Å². The number of carboxylic acid groups (broad SMARTS) is 1. The van der Waals surface area contributed by atoms with Gasteiger partial charge in [0.1, 0.15) is 0 Å². The van der Waals surface area contributed by atoms with Gasteiger partial charge in [0.2, 0.25) is 0 Å². The van der Waals surface area contributed by atoms with Gasteiger partial charge in [0, 0.05) is 16.5 Å². The summed E-state index contributed by atoms with van der Waals surface area (Å²) in [6.45, 7) is 0. The molecule has 0 fully saturated rings. The van der Waals surface area contributed by atoms with Crippen LogP contribution in [0.4, 0.5) is 0 Å². The summed E-state index contributed by atoms with van der Waals surface area (Å²) in [5.41, 5.74) is 4.31. The number of hydrogen-bond donors (Lipinski definition) is 1. The highest BCUT2D eigenvalue weighted by atomic mass is 35.5. The number of carbonyl (C=O) groups is 1. The van der Waals surface area contributed by atoms with Crippen LogP contribution in [0, 0.1) is 0 Å². The second-order valence-corrected chi connectivity index (χ2v) is 6.27. The van der Waals surface area contributed by atoms with E-state index in [1.165, 1.54) is 0 Å². The summed E-state index contributed by atoms with van der Waals surface area (Å²) in [4.78, 5) is 10.9. The minimum atomic E-state index is -0.923. The molecule has 2 nitrogen and oxygen atoms in total. The predicted octanol–water partition coefficient (Wildman–Crippen LogP) is 5.95. The average molecular weight is 357 g/mol. The Hall–Kier alpha value is -2.29. The van der Waals surface area contributed by atoms with E-state index in [0.717, 1.165) is 22.3 Å². The highest BCUT2D eigenvalue weighted by molar-refractivity contribution is 6.36. The van der Waals surface area contributed by atoms with Gasteiger partial charge in [-0.05, 0) is 46.5 Å². The lowest BCUT2D eigenvalue weighted by Crippen LogP contribution is -1.95. The quantitative estimate of drug-likeness (QED) is 0.627. The molecule has 0 aliphatic heterocycles. The molecule has 0 aromatic heterocycles. The van der Waals surface area contributed by atoms with Crippen molar-refractivity contribution in [2.75, 3.05) is 0 Å². The number of hydrogen-bond acceptors (Lipinski definition) is 1. The first-order valence-corrected chi connectivity index (χ1v) is 8.16. The number of carboxylic acids is 1. The first-order valence-electron chi connectivity index (χ1n) is 7.40. The molecule has 0 aliphatic rings. The first-order chi connectivity index (χ1) is 11.5. The van der Waals surface area contributed by atoms with Crippen molar-refractivity contribution in [1.82, 2.24) is 0 Å². The molecule has 0 aliphatic carbocycles. The van der Waals surface area contributed by atoms with Crippen molar-refractivity contribution < 1.29 is 9.90 Å². The van der Waals surface area contributed by atoms with E-state index >= 15 is 0 Å². The largest absolute Gasteiger partial charge is 0.478 e. The summed E-state index contributed by atoms with van der Waals surface area (Å²) in [7, 11) is 0. The zero-order valence-corrected chi connectivity index (χ0v) is 14.2. The van der Waals surface area contributed by atoms with Gasteiger partial charge >= 0.3 is 5.97 Å². The Bertz CT molecular complexity index is 849. The van der Waals surface area contributed by atoms with Crippen LogP contribution in [0.3, 0.4) is 0 Å². The molecular formula is C20H14Cl2O2. The molecule has 3 aromatic rings. The van der Waals surface area contributed by atoms with E-state index in [4.69, 9.17) is 28.3 Å². The lowest BCUT2D eigenvalue weighted by molar-refractivity contribution is 0.0697. The monoisotopic (exact) mass is 356 g/mol. The average Bonchev–Trinajstić information content (AvgIpc) is 2.59. The standard InChI is InChI=1S/C20H14Cl2O2/c21-18-2-1-3-19(22)17(18)12-13-4-6-14(7-5-13)15-8-10-16(11-9-15)20(23)24/h1-11H,12H2,(H,23,24). The van der Waals surface area contributed by atoms with Gasteiger partial charge in [0.05, 0.1) is 5.56 Å². The van der Waals surface area contributed by atoms with E-state index in [1.807, 2.05) is 54.6 Å². The molecule has 0 saturated heterocycles. The van der Waals surface area contributed by atoms with Crippen LogP contribution < -0.4 is 0 Å². The van der Waals surface area contributed by atoms with Crippen molar-refractivity contribution in [1.29, 1.82) is 0 Å². The lowest BCUT2D eigenvalue weighted by atomic mass is 9.99. The topological polar surface area (TPSA) is 37.3 Å². The van der Waals surface area contributed by atoms with Gasteiger partial charge in [-0.1, -0.05) is 65.7 Å². The van der Waals surface area contributed by atoms with Crippen LogP contribution in [0.5, 0.6) is 0 Å². The Balaban J connectivity index is 1.82. The van der Waals surface area contributed by atoms with E-state index in [0.29, 0.717) is 16.5 Å². The number of halogens is 2. The molecule has 0 heterocycles. The minimum Gasteiger partial charge on any atom is -0.478 e. The van der Waals surface area contributed by atoms with Crippen molar-refractivity contribution in [2.24, 2.45) is 0 Å². The van der Waals surface area contributed by atoms with Crippen molar-refractivity contribution in [3.05, 3.63) is 93.5 Å². The molecule has 4 heteroatoms. The van der Waals surface area contributed by atoms with Gasteiger partial charge < -0.3 is 5.11 Å². The molecule has 0 bridgehead atoms. The second kappa shape index (κ2) is 7.08. The lowest BCUT2D eigenvalue weighted by Gasteiger charge is -2.08. The zero-order valence-electron chi connectivity index (χ0n) is 12.7. The van der Waals surface area contributed by atoms with Crippen LogP contribution in [0.15, 0.2) is 66.7 Å². The smallest absolute Gasteiger partial charge is 0.335 e. The Labute approximate surface area is 150 Å². The molecule has 24 heavy (non-hydrogen) atoms. The van der Waals surface area contributed by atoms with E-state index in [1.54, 1.807) is 12.1 Å². The molecule has 3 aromatic carbocycles. The third-order valence-corrected chi connectivity index (χ3v) is 4.57. The fourth-order valence-corrected chi connectivity index (χ4v) is 3.06. The first kappa shape index (κ1) is 16.6. The van der Waals surface area contributed by atoms with Crippen LogP contribution in [0.1, 0.15) is 21.5 Å². The third-order valence-electron chi connectivity index (χ3n) is 3.86. The van der Waals surface area contributed by atoms with Gasteiger partial charge in [-0.15, -0.1) is 0 Å². The molecule has 0 atom stereocenters. The van der Waals surface area contributed by atoms with E-state index in [-0.39, 0.29) is 5.56 Å². The van der Waals surface area contributed by atoms with Crippen molar-refractivity contribution in [3.8, 4) is 11.1 Å². The molecule has 0 amide bonds. The molecular weight excluding hydrogens is 343 g/mol. The Morgan fingerprint density at radius 2 is 1.29 bits per heavy atom. The fraction of sp³-hybridized carbons (Fsp3) is 0.0500. The van der Waals surface area contributed by atoms with E-state index < -0.39 is 5.97 Å². The van der Waals surface area contributed by atoms with Crippen LogP contribution in [-0.2, 0) is 6.42 Å². The molecule has 0 radical (unpaired) electrons. The van der Waals surface area contributed by atoms with E-state index in [9.17, 15) is 4.79 Å². The predicted molar refractivity (Wildman–Crippen MR) is 98.1 cm³/mol. The van der Waals surface area contributed by atoms with Crippen molar-refractivity contribution >= 4 is 29.2 Å². The van der Waals surface area contributed by atoms with Gasteiger partial charge in [-0.3, -0.25) is 0 Å². The van der Waals surface area contributed by atoms with Crippen LogP contribution in [0.25, 0.3) is 11.1 Å². The summed E-state index contributed by atoms with van der Waals surface area (Å²) >= 11 is 12.4. The maximum atomic E-state index is 10.9. The van der Waals surface area contributed by atoms with Gasteiger partial charge in [-0.25, -0.2) is 4.79 Å². The van der Waals surface area contributed by atoms with Crippen LogP contribution >= 0.6 is 23.2 Å². The molecule has 0 saturated carbocycles. The van der Waals surface area contributed by atoms with Gasteiger partial charge in [0.15, 0.2) is 0 Å². The van der Waals surface area contributed by atoms with Crippen LogP contribution in [0.2, 0.25) is 10.0 Å². The van der Waals surface area contributed by atoms with Crippen molar-refractivity contribution in [3.63, 3.8) is 0 Å². The Kier molecular flexibility index (Phi) is 4.89. The molecule has 3 rings (SSSR count). The number of benzene rings is 3. The maximum Gasteiger partial charge on any atom is 0.335 e. The summed E-state index contributed by atoms with van der Waals surface area (Å²) in [5, 5.41) is 10.3. The maximum absolute atomic E-state index is 10.9. The SMILES string of the molecule is O=C(O)c1ccc(-c2ccc(Cc3c(Cl)cccc3Cl)cc2)cc1. The molecule has 1 N–H and O–H groups in total. The summed E-state index contributed by atoms with van der Waals surface area (Å²) < 4.78 is 0. The summed E-state index contributed by atoms with van der Waals surface area (Å²) in [5.74, 6) is -0.923. The summed E-state index contributed by atoms with van der Waals surface area (Å²) in [6, 6.07) is 20.4. The van der Waals surface area contributed by atoms with Crippen LogP contribution in [-0.4, -0.2) is 11.1 Å². The highest BCUT2D eigenvalue weighted by Crippen LogP contribution is 2.28. The highest BCUT2D eigenvalue weighted by Gasteiger charge is 2.07. The zero-order chi connectivity index (χ0) is 17.1.